The maximum atomic E-state index is 12.7. The summed E-state index contributed by atoms with van der Waals surface area (Å²) < 4.78 is 11.0. The number of rotatable bonds is 8. The predicted octanol–water partition coefficient (Wildman–Crippen LogP) is 5.36. The van der Waals surface area contributed by atoms with Crippen LogP contribution in [-0.2, 0) is 11.8 Å². The lowest BCUT2D eigenvalue weighted by atomic mass is 9.65. The van der Waals surface area contributed by atoms with E-state index in [4.69, 9.17) is 9.47 Å². The van der Waals surface area contributed by atoms with Crippen LogP contribution in [0.2, 0.25) is 0 Å². The second-order valence-corrected chi connectivity index (χ2v) is 9.84. The van der Waals surface area contributed by atoms with Gasteiger partial charge in [0, 0.05) is 23.2 Å². The van der Waals surface area contributed by atoms with Crippen molar-refractivity contribution in [3.05, 3.63) is 53.6 Å². The molecule has 1 saturated heterocycles. The van der Waals surface area contributed by atoms with Gasteiger partial charge in [0.15, 0.2) is 11.5 Å². The summed E-state index contributed by atoms with van der Waals surface area (Å²) in [6, 6.07) is 15.0. The van der Waals surface area contributed by atoms with Crippen LogP contribution in [-0.4, -0.2) is 50.8 Å². The van der Waals surface area contributed by atoms with Gasteiger partial charge in [-0.05, 0) is 87.5 Å². The maximum Gasteiger partial charge on any atom is 0.319 e. The van der Waals surface area contributed by atoms with Crippen LogP contribution < -0.4 is 20.1 Å². The molecule has 1 aliphatic heterocycles. The van der Waals surface area contributed by atoms with Crippen molar-refractivity contribution in [3.63, 3.8) is 0 Å². The van der Waals surface area contributed by atoms with E-state index >= 15 is 0 Å². The third-order valence-electron chi connectivity index (χ3n) is 7.85. The number of carbonyl (C=O) groups excluding carboxylic acids is 1. The van der Waals surface area contributed by atoms with E-state index in [0.29, 0.717) is 6.04 Å². The molecule has 0 radical (unpaired) electrons. The topological polar surface area (TPSA) is 62.8 Å². The summed E-state index contributed by atoms with van der Waals surface area (Å²) >= 11 is 0. The minimum absolute atomic E-state index is 0.0806. The number of urea groups is 1. The monoisotopic (exact) mass is 465 g/mol. The van der Waals surface area contributed by atoms with Gasteiger partial charge in [0.1, 0.15) is 0 Å². The lowest BCUT2D eigenvalue weighted by molar-refractivity contribution is 0.156. The van der Waals surface area contributed by atoms with Gasteiger partial charge in [0.25, 0.3) is 0 Å². The molecule has 0 unspecified atom stereocenters. The molecule has 0 bridgehead atoms. The molecule has 184 valence electrons. The zero-order valence-electron chi connectivity index (χ0n) is 21.0. The Hall–Kier alpha value is -2.73. The number of aryl methyl sites for hydroxylation is 1. The minimum atomic E-state index is -0.120. The molecular weight excluding hydrogens is 426 g/mol. The Bertz CT molecular complexity index is 977. The summed E-state index contributed by atoms with van der Waals surface area (Å²) in [6.07, 6.45) is 7.52. The van der Waals surface area contributed by atoms with Crippen molar-refractivity contribution in [2.75, 3.05) is 33.1 Å². The third kappa shape index (κ3) is 5.02. The SMILES string of the molecule is CCCCc1ccc(NC(=O)N[C@H]2CC[C@@]3(c4ccc(OC)c(OC)c4)CCN(C)[C@@H]3C2)cc1. The van der Waals surface area contributed by atoms with Crippen molar-refractivity contribution >= 4 is 11.7 Å². The Morgan fingerprint density at radius 1 is 1.09 bits per heavy atom. The molecule has 2 aromatic rings. The second-order valence-electron chi connectivity index (χ2n) is 9.84. The highest BCUT2D eigenvalue weighted by molar-refractivity contribution is 5.89. The zero-order chi connectivity index (χ0) is 24.1. The second kappa shape index (κ2) is 10.7. The Morgan fingerprint density at radius 2 is 1.85 bits per heavy atom. The van der Waals surface area contributed by atoms with Crippen LogP contribution in [0.1, 0.15) is 56.6 Å². The van der Waals surface area contributed by atoms with Gasteiger partial charge in [-0.1, -0.05) is 31.5 Å². The molecule has 2 fully saturated rings. The number of fused-ring (bicyclic) bond motifs is 1. The van der Waals surface area contributed by atoms with Crippen LogP contribution in [0, 0.1) is 0 Å². The summed E-state index contributed by atoms with van der Waals surface area (Å²) in [5, 5.41) is 6.26. The van der Waals surface area contributed by atoms with Gasteiger partial charge in [0.05, 0.1) is 14.2 Å². The fraction of sp³-hybridized carbons (Fsp3) is 0.536. The van der Waals surface area contributed by atoms with E-state index in [1.54, 1.807) is 14.2 Å². The molecule has 34 heavy (non-hydrogen) atoms. The number of benzene rings is 2. The highest BCUT2D eigenvalue weighted by atomic mass is 16.5. The number of amides is 2. The molecule has 4 rings (SSSR count). The Labute approximate surface area is 204 Å². The molecule has 2 aliphatic rings. The van der Waals surface area contributed by atoms with E-state index < -0.39 is 0 Å². The number of likely N-dealkylation sites (tertiary alicyclic amines) is 1. The van der Waals surface area contributed by atoms with Crippen LogP contribution in [0.5, 0.6) is 11.5 Å². The molecule has 0 spiro atoms. The van der Waals surface area contributed by atoms with Gasteiger partial charge in [-0.15, -0.1) is 0 Å². The van der Waals surface area contributed by atoms with Gasteiger partial charge in [0.2, 0.25) is 0 Å². The lowest BCUT2D eigenvalue weighted by Gasteiger charge is -2.45. The van der Waals surface area contributed by atoms with Gasteiger partial charge in [-0.2, -0.15) is 0 Å². The minimum Gasteiger partial charge on any atom is -0.493 e. The first kappa shape index (κ1) is 24.4. The average Bonchev–Trinajstić information content (AvgIpc) is 3.20. The van der Waals surface area contributed by atoms with Crippen molar-refractivity contribution < 1.29 is 14.3 Å². The molecule has 2 amide bonds. The Balaban J connectivity index is 1.41. The Morgan fingerprint density at radius 3 is 2.56 bits per heavy atom. The van der Waals surface area contributed by atoms with Crippen molar-refractivity contribution in [2.24, 2.45) is 0 Å². The molecule has 2 aromatic carbocycles. The van der Waals surface area contributed by atoms with Crippen molar-refractivity contribution in [3.8, 4) is 11.5 Å². The number of nitrogens with zero attached hydrogens (tertiary/aromatic N) is 1. The number of likely N-dealkylation sites (N-methyl/N-ethyl adjacent to an activating group) is 1. The smallest absolute Gasteiger partial charge is 0.319 e. The van der Waals surface area contributed by atoms with Crippen LogP contribution >= 0.6 is 0 Å². The summed E-state index contributed by atoms with van der Waals surface area (Å²) in [7, 11) is 5.57. The van der Waals surface area contributed by atoms with Crippen molar-refractivity contribution in [1.82, 2.24) is 10.2 Å². The van der Waals surface area contributed by atoms with E-state index in [2.05, 4.69) is 53.8 Å². The summed E-state index contributed by atoms with van der Waals surface area (Å²) in [5.74, 6) is 1.54. The van der Waals surface area contributed by atoms with Crippen LogP contribution in [0.4, 0.5) is 10.5 Å². The number of methoxy groups -OCH3 is 2. The molecule has 1 saturated carbocycles. The number of hydrogen-bond acceptors (Lipinski definition) is 4. The Kier molecular flexibility index (Phi) is 7.67. The fourth-order valence-corrected chi connectivity index (χ4v) is 5.88. The average molecular weight is 466 g/mol. The van der Waals surface area contributed by atoms with Gasteiger partial charge in [-0.25, -0.2) is 4.79 Å². The molecule has 1 heterocycles. The number of anilines is 1. The fourth-order valence-electron chi connectivity index (χ4n) is 5.88. The van der Waals surface area contributed by atoms with E-state index in [9.17, 15) is 4.79 Å². The first-order valence-corrected chi connectivity index (χ1v) is 12.6. The van der Waals surface area contributed by atoms with E-state index in [1.807, 2.05) is 18.2 Å². The summed E-state index contributed by atoms with van der Waals surface area (Å²) in [4.78, 5) is 15.2. The summed E-state index contributed by atoms with van der Waals surface area (Å²) in [5.41, 5.74) is 3.55. The van der Waals surface area contributed by atoms with Gasteiger partial charge >= 0.3 is 6.03 Å². The quantitative estimate of drug-likeness (QED) is 0.551. The van der Waals surface area contributed by atoms with E-state index in [1.165, 1.54) is 24.0 Å². The van der Waals surface area contributed by atoms with E-state index in [0.717, 1.165) is 55.8 Å². The molecule has 2 N–H and O–H groups in total. The maximum absolute atomic E-state index is 12.7. The van der Waals surface area contributed by atoms with Crippen LogP contribution in [0.15, 0.2) is 42.5 Å². The number of nitrogens with one attached hydrogen (secondary N) is 2. The molecule has 0 aromatic heterocycles. The highest BCUT2D eigenvalue weighted by Gasteiger charge is 2.50. The summed E-state index contributed by atoms with van der Waals surface area (Å²) in [6.45, 7) is 3.26. The van der Waals surface area contributed by atoms with Crippen molar-refractivity contribution in [1.29, 1.82) is 0 Å². The van der Waals surface area contributed by atoms with Gasteiger partial charge in [-0.3, -0.25) is 0 Å². The normalized spacial score (nSPS) is 24.4. The van der Waals surface area contributed by atoms with Gasteiger partial charge < -0.3 is 25.0 Å². The highest BCUT2D eigenvalue weighted by Crippen LogP contribution is 2.49. The predicted molar refractivity (Wildman–Crippen MR) is 137 cm³/mol. The molecule has 6 heteroatoms. The number of unbranched alkanes of at least 4 members (excludes halogenated alkanes) is 1. The largest absolute Gasteiger partial charge is 0.493 e. The molecule has 1 aliphatic carbocycles. The standard InChI is InChI=1S/C28H39N3O3/c1-5-6-7-20-8-11-22(12-9-20)29-27(32)30-23-14-15-28(16-17-31(2)26(28)19-23)21-10-13-24(33-3)25(18-21)34-4/h8-13,18,23,26H,5-7,14-17,19H2,1-4H3,(H2,29,30,32)/t23-,26+,28-/m0/s1. The van der Waals surface area contributed by atoms with E-state index in [-0.39, 0.29) is 17.5 Å². The zero-order valence-corrected chi connectivity index (χ0v) is 21.0. The number of ether oxygens (including phenoxy) is 2. The number of hydrogen-bond donors (Lipinski definition) is 2. The van der Waals surface area contributed by atoms with Crippen LogP contribution in [0.3, 0.4) is 0 Å². The molecular formula is C28H39N3O3. The lowest BCUT2D eigenvalue weighted by Crippen LogP contribution is -2.52. The van der Waals surface area contributed by atoms with Crippen molar-refractivity contribution in [2.45, 2.75) is 69.4 Å². The number of carbonyl (C=O) groups is 1. The van der Waals surface area contributed by atoms with Crippen LogP contribution in [0.25, 0.3) is 0 Å². The third-order valence-corrected chi connectivity index (χ3v) is 7.85. The molecule has 6 nitrogen and oxygen atoms in total. The molecule has 3 atom stereocenters. The first-order valence-electron chi connectivity index (χ1n) is 12.6. The first-order chi connectivity index (χ1) is 16.5.